The Balaban J connectivity index is 2.25. The Morgan fingerprint density at radius 1 is 1.20 bits per heavy atom. The molecule has 0 amide bonds. The highest BCUT2D eigenvalue weighted by molar-refractivity contribution is 9.09. The maximum atomic E-state index is 12.2. The Bertz CT molecular complexity index is 884. The number of hydroxylamine groups is 1. The molecule has 0 aromatic heterocycles. The van der Waals surface area contributed by atoms with Crippen LogP contribution >= 0.6 is 15.9 Å². The third-order valence-corrected chi connectivity index (χ3v) is 4.26. The zero-order valence-electron chi connectivity index (χ0n) is 13.5. The van der Waals surface area contributed by atoms with Crippen LogP contribution < -0.4 is 4.74 Å². The van der Waals surface area contributed by atoms with E-state index in [4.69, 9.17) is 4.74 Å². The monoisotopic (exact) mass is 401 g/mol. The smallest absolute Gasteiger partial charge is 0.343 e. The van der Waals surface area contributed by atoms with Gasteiger partial charge in [0.1, 0.15) is 18.4 Å². The summed E-state index contributed by atoms with van der Waals surface area (Å²) in [6.07, 6.45) is 0. The summed E-state index contributed by atoms with van der Waals surface area (Å²) in [4.78, 5) is 11.9. The maximum Gasteiger partial charge on any atom is 0.343 e. The average molecular weight is 402 g/mol. The Labute approximate surface area is 153 Å². The van der Waals surface area contributed by atoms with Crippen LogP contribution in [0.2, 0.25) is 0 Å². The molecule has 0 fully saturated rings. The van der Waals surface area contributed by atoms with Gasteiger partial charge in [-0.1, -0.05) is 46.3 Å². The van der Waals surface area contributed by atoms with E-state index in [9.17, 15) is 15.1 Å². The van der Waals surface area contributed by atoms with Crippen LogP contribution in [-0.4, -0.2) is 40.5 Å². The second kappa shape index (κ2) is 7.11. The van der Waals surface area contributed by atoms with Crippen molar-refractivity contribution in [2.75, 3.05) is 19.0 Å². The highest BCUT2D eigenvalue weighted by atomic mass is 79.9. The van der Waals surface area contributed by atoms with E-state index in [1.807, 2.05) is 30.3 Å². The van der Waals surface area contributed by atoms with Gasteiger partial charge in [-0.15, -0.1) is 0 Å². The first kappa shape index (κ1) is 17.2. The lowest BCUT2D eigenvalue weighted by Crippen LogP contribution is -2.19. The van der Waals surface area contributed by atoms with Crippen molar-refractivity contribution in [2.45, 2.75) is 0 Å². The minimum atomic E-state index is -1.13. The summed E-state index contributed by atoms with van der Waals surface area (Å²) < 4.78 is 6.20. The Kier molecular flexibility index (Phi) is 4.90. The number of benzene rings is 2. The number of alkyl halides is 1. The van der Waals surface area contributed by atoms with Crippen LogP contribution in [0.1, 0.15) is 16.7 Å². The Morgan fingerprint density at radius 3 is 2.52 bits per heavy atom. The molecule has 2 aromatic carbocycles. The second-order valence-electron chi connectivity index (χ2n) is 5.51. The summed E-state index contributed by atoms with van der Waals surface area (Å²) in [5.41, 5.74) is 2.75. The van der Waals surface area contributed by atoms with Crippen molar-refractivity contribution >= 4 is 33.2 Å². The fourth-order valence-corrected chi connectivity index (χ4v) is 3.17. The van der Waals surface area contributed by atoms with Crippen molar-refractivity contribution in [3.8, 4) is 5.75 Å². The van der Waals surface area contributed by atoms with Gasteiger partial charge in [0.2, 0.25) is 5.71 Å². The largest absolute Gasteiger partial charge is 0.624 e. The van der Waals surface area contributed by atoms with Gasteiger partial charge in [0.25, 0.3) is 0 Å². The van der Waals surface area contributed by atoms with Gasteiger partial charge in [0.05, 0.1) is 12.2 Å². The molecule has 1 N–H and O–H groups in total. The second-order valence-corrected chi connectivity index (χ2v) is 6.31. The molecule has 1 aliphatic carbocycles. The minimum absolute atomic E-state index is 0.0105. The van der Waals surface area contributed by atoms with Gasteiger partial charge in [-0.3, -0.25) is 0 Å². The third-order valence-electron chi connectivity index (χ3n) is 3.94. The molecule has 128 valence electrons. The Hall–Kier alpha value is -2.60. The topological polar surface area (TPSA) is 72.6 Å². The van der Waals surface area contributed by atoms with Crippen LogP contribution in [0.25, 0.3) is 5.57 Å². The molecule has 0 atom stereocenters. The highest BCUT2D eigenvalue weighted by Crippen LogP contribution is 2.39. The molecule has 0 heterocycles. The molecule has 3 rings (SSSR count). The average Bonchev–Trinajstić information content (AvgIpc) is 2.95. The fourth-order valence-electron chi connectivity index (χ4n) is 3.01. The van der Waals surface area contributed by atoms with Crippen LogP contribution in [0.3, 0.4) is 0 Å². The lowest BCUT2D eigenvalue weighted by Gasteiger charge is -2.09. The van der Waals surface area contributed by atoms with Crippen LogP contribution in [0.5, 0.6) is 5.75 Å². The van der Waals surface area contributed by atoms with E-state index in [1.54, 1.807) is 18.2 Å². The summed E-state index contributed by atoms with van der Waals surface area (Å²) in [7, 11) is 1.31. The molecule has 0 bridgehead atoms. The van der Waals surface area contributed by atoms with Crippen LogP contribution in [-0.2, 0) is 4.79 Å². The number of carboxylic acids is 1. The van der Waals surface area contributed by atoms with E-state index < -0.39 is 5.97 Å². The van der Waals surface area contributed by atoms with Crippen molar-refractivity contribution in [3.63, 3.8) is 0 Å². The van der Waals surface area contributed by atoms with Crippen molar-refractivity contribution < 1.29 is 19.4 Å². The number of ether oxygens (including phenoxy) is 1. The molecule has 2 aromatic rings. The first-order valence-corrected chi connectivity index (χ1v) is 8.81. The van der Waals surface area contributed by atoms with Crippen molar-refractivity contribution in [1.29, 1.82) is 0 Å². The molecule has 0 spiro atoms. The molecule has 0 aliphatic heterocycles. The number of carboxylic acid groups (broad SMARTS) is 1. The van der Waals surface area contributed by atoms with E-state index in [1.165, 1.54) is 7.05 Å². The van der Waals surface area contributed by atoms with E-state index in [0.717, 1.165) is 5.56 Å². The SMILES string of the molecule is C/[N+]([O-])=C1\C(C(=O)O)=C(c2ccccc2)c2ccc(OCCBr)cc21. The van der Waals surface area contributed by atoms with Crippen molar-refractivity contribution in [3.05, 3.63) is 76.0 Å². The third kappa shape index (κ3) is 3.17. The summed E-state index contributed by atoms with van der Waals surface area (Å²) >= 11 is 3.30. The molecule has 0 unspecified atom stereocenters. The summed E-state index contributed by atoms with van der Waals surface area (Å²) in [6, 6.07) is 14.5. The van der Waals surface area contributed by atoms with Gasteiger partial charge in [-0.25, -0.2) is 9.53 Å². The van der Waals surface area contributed by atoms with E-state index in [0.29, 0.717) is 39.1 Å². The molecule has 6 heteroatoms. The molecule has 0 radical (unpaired) electrons. The fraction of sp³-hybridized carbons (Fsp3) is 0.158. The van der Waals surface area contributed by atoms with Gasteiger partial charge in [0.15, 0.2) is 0 Å². The standard InChI is InChI=1S/C19H16BrNO4/c1-21(24)18-15-11-13(25-10-9-20)7-8-14(15)16(17(18)19(22)23)12-5-3-2-4-6-12/h2-8,11H,9-10H2,1H3,(H,22,23)/b21-18+. The van der Waals surface area contributed by atoms with E-state index >= 15 is 0 Å². The molecular formula is C19H16BrNO4. The summed E-state index contributed by atoms with van der Waals surface area (Å²) in [5, 5.41) is 22.6. The van der Waals surface area contributed by atoms with Crippen LogP contribution in [0, 0.1) is 5.21 Å². The molecular weight excluding hydrogens is 386 g/mol. The molecule has 1 aliphatic rings. The predicted molar refractivity (Wildman–Crippen MR) is 99.5 cm³/mol. The Morgan fingerprint density at radius 2 is 1.92 bits per heavy atom. The first-order valence-electron chi connectivity index (χ1n) is 7.69. The number of aliphatic carboxylic acids is 1. The van der Waals surface area contributed by atoms with Gasteiger partial charge >= 0.3 is 5.97 Å². The number of hydrogen-bond donors (Lipinski definition) is 1. The predicted octanol–water partition coefficient (Wildman–Crippen LogP) is 3.29. The molecule has 0 saturated carbocycles. The molecule has 25 heavy (non-hydrogen) atoms. The van der Waals surface area contributed by atoms with E-state index in [-0.39, 0.29) is 11.3 Å². The number of rotatable bonds is 5. The van der Waals surface area contributed by atoms with Gasteiger partial charge in [-0.05, 0) is 29.3 Å². The molecule has 0 saturated heterocycles. The lowest BCUT2D eigenvalue weighted by molar-refractivity contribution is -0.421. The summed E-state index contributed by atoms with van der Waals surface area (Å²) in [6.45, 7) is 0.478. The van der Waals surface area contributed by atoms with E-state index in [2.05, 4.69) is 15.9 Å². The van der Waals surface area contributed by atoms with Gasteiger partial charge in [0, 0.05) is 10.9 Å². The minimum Gasteiger partial charge on any atom is -0.624 e. The first-order chi connectivity index (χ1) is 12.0. The highest BCUT2D eigenvalue weighted by Gasteiger charge is 2.38. The number of halogens is 1. The number of carbonyl (C=O) groups is 1. The van der Waals surface area contributed by atoms with Gasteiger partial charge < -0.3 is 15.1 Å². The number of nitrogens with zero attached hydrogens (tertiary/aromatic N) is 1. The van der Waals surface area contributed by atoms with Crippen molar-refractivity contribution in [1.82, 2.24) is 0 Å². The zero-order chi connectivity index (χ0) is 18.0. The quantitative estimate of drug-likeness (QED) is 0.361. The van der Waals surface area contributed by atoms with Crippen LogP contribution in [0.15, 0.2) is 54.1 Å². The van der Waals surface area contributed by atoms with Gasteiger partial charge in [-0.2, -0.15) is 0 Å². The normalized spacial score (nSPS) is 15.1. The maximum absolute atomic E-state index is 12.2. The number of fused-ring (bicyclic) bond motifs is 1. The number of hydrogen-bond acceptors (Lipinski definition) is 3. The zero-order valence-corrected chi connectivity index (χ0v) is 15.1. The lowest BCUT2D eigenvalue weighted by atomic mass is 9.97. The summed E-state index contributed by atoms with van der Waals surface area (Å²) in [5.74, 6) is -0.535. The molecule has 5 nitrogen and oxygen atoms in total. The van der Waals surface area contributed by atoms with Crippen LogP contribution in [0.4, 0.5) is 0 Å². The van der Waals surface area contributed by atoms with Crippen molar-refractivity contribution in [2.24, 2.45) is 0 Å².